The molecule has 0 radical (unpaired) electrons. The monoisotopic (exact) mass is 145 g/mol. The summed E-state index contributed by atoms with van der Waals surface area (Å²) in [6.45, 7) is 5.03. The molecular weight excluding hydrogens is 130 g/mol. The smallest absolute Gasteiger partial charge is 0.152 e. The zero-order chi connectivity index (χ0) is 7.98. The van der Waals surface area contributed by atoms with Gasteiger partial charge in [0.1, 0.15) is 0 Å². The lowest BCUT2D eigenvalue weighted by Crippen LogP contribution is -2.23. The van der Waals surface area contributed by atoms with Gasteiger partial charge in [-0.3, -0.25) is 0 Å². The Bertz CT molecular complexity index is 93.6. The van der Waals surface area contributed by atoms with E-state index in [4.69, 9.17) is 10.2 Å². The highest BCUT2D eigenvalue weighted by atomic mass is 16.5. The predicted octanol–water partition coefficient (Wildman–Crippen LogP) is -0.195. The van der Waals surface area contributed by atoms with Crippen molar-refractivity contribution in [1.82, 2.24) is 4.90 Å². The predicted molar refractivity (Wildman–Crippen MR) is 40.5 cm³/mol. The Labute approximate surface area is 61.6 Å². The number of likely N-dealkylation sites (N-methyl/N-ethyl adjacent to an activating group) is 1. The maximum absolute atomic E-state index is 8.47. The second kappa shape index (κ2) is 5.41. The van der Waals surface area contributed by atoms with E-state index < -0.39 is 6.29 Å². The van der Waals surface area contributed by atoms with E-state index in [9.17, 15) is 0 Å². The van der Waals surface area contributed by atoms with Gasteiger partial charge in [0.2, 0.25) is 0 Å². The summed E-state index contributed by atoms with van der Waals surface area (Å²) in [5.41, 5.74) is 0. The van der Waals surface area contributed by atoms with Crippen LogP contribution in [0.5, 0.6) is 0 Å². The van der Waals surface area contributed by atoms with Crippen molar-refractivity contribution in [3.05, 3.63) is 12.7 Å². The van der Waals surface area contributed by atoms with Gasteiger partial charge in [-0.25, -0.2) is 0 Å². The molecule has 0 aromatic rings. The third kappa shape index (κ3) is 5.75. The van der Waals surface area contributed by atoms with Crippen LogP contribution in [0.15, 0.2) is 12.7 Å². The Morgan fingerprint density at radius 3 is 2.60 bits per heavy atom. The Balaban J connectivity index is 3.20. The van der Waals surface area contributed by atoms with Gasteiger partial charge in [-0.1, -0.05) is 6.08 Å². The number of hydrogen-bond acceptors (Lipinski definition) is 3. The summed E-state index contributed by atoms with van der Waals surface area (Å²) < 4.78 is 0. The molecule has 0 unspecified atom stereocenters. The third-order valence-corrected chi connectivity index (χ3v) is 1.21. The molecule has 60 valence electrons. The molecule has 0 amide bonds. The van der Waals surface area contributed by atoms with E-state index in [1.165, 1.54) is 0 Å². The topological polar surface area (TPSA) is 43.7 Å². The fraction of sp³-hybridized carbons (Fsp3) is 0.714. The molecule has 3 nitrogen and oxygen atoms in total. The number of aliphatic hydroxyl groups is 2. The van der Waals surface area contributed by atoms with E-state index in [1.54, 1.807) is 6.08 Å². The lowest BCUT2D eigenvalue weighted by atomic mass is 10.4. The maximum Gasteiger partial charge on any atom is 0.152 e. The minimum absolute atomic E-state index is 0.393. The zero-order valence-corrected chi connectivity index (χ0v) is 6.32. The highest BCUT2D eigenvalue weighted by Gasteiger charge is 1.99. The van der Waals surface area contributed by atoms with E-state index in [0.29, 0.717) is 13.0 Å². The molecule has 3 heteroatoms. The first-order chi connectivity index (χ1) is 4.66. The summed E-state index contributed by atoms with van der Waals surface area (Å²) in [6.07, 6.45) is 0.987. The number of aliphatic hydroxyl groups excluding tert-OH is 1. The van der Waals surface area contributed by atoms with Crippen molar-refractivity contribution in [2.75, 3.05) is 20.1 Å². The molecule has 0 spiro atoms. The Morgan fingerprint density at radius 2 is 2.20 bits per heavy atom. The Morgan fingerprint density at radius 1 is 1.60 bits per heavy atom. The van der Waals surface area contributed by atoms with Gasteiger partial charge in [0.15, 0.2) is 6.29 Å². The van der Waals surface area contributed by atoms with Gasteiger partial charge in [-0.05, 0) is 7.05 Å². The summed E-state index contributed by atoms with van der Waals surface area (Å²) in [4.78, 5) is 1.96. The highest BCUT2D eigenvalue weighted by Crippen LogP contribution is 1.90. The first-order valence-corrected chi connectivity index (χ1v) is 3.32. The molecule has 0 aliphatic carbocycles. The molecule has 0 fully saturated rings. The summed E-state index contributed by atoms with van der Waals surface area (Å²) in [5.74, 6) is 0. The fourth-order valence-corrected chi connectivity index (χ4v) is 0.648. The van der Waals surface area contributed by atoms with Gasteiger partial charge in [0.25, 0.3) is 0 Å². The van der Waals surface area contributed by atoms with Crippen LogP contribution in [0.3, 0.4) is 0 Å². The normalized spacial score (nSPS) is 10.9. The van der Waals surface area contributed by atoms with Crippen LogP contribution in [0.2, 0.25) is 0 Å². The summed E-state index contributed by atoms with van der Waals surface area (Å²) in [5, 5.41) is 16.9. The molecule has 0 bridgehead atoms. The average molecular weight is 145 g/mol. The molecule has 10 heavy (non-hydrogen) atoms. The average Bonchev–Trinajstić information content (AvgIpc) is 1.85. The van der Waals surface area contributed by atoms with E-state index in [-0.39, 0.29) is 0 Å². The zero-order valence-electron chi connectivity index (χ0n) is 6.32. The molecular formula is C7H15NO2. The molecule has 0 rings (SSSR count). The van der Waals surface area contributed by atoms with Crippen LogP contribution in [-0.4, -0.2) is 41.5 Å². The quantitative estimate of drug-likeness (QED) is 0.416. The van der Waals surface area contributed by atoms with Crippen LogP contribution in [0, 0.1) is 0 Å². The van der Waals surface area contributed by atoms with Gasteiger partial charge >= 0.3 is 0 Å². The molecule has 0 saturated heterocycles. The van der Waals surface area contributed by atoms with Crippen LogP contribution in [-0.2, 0) is 0 Å². The number of hydrogen-bond donors (Lipinski definition) is 2. The van der Waals surface area contributed by atoms with Crippen LogP contribution in [0.1, 0.15) is 6.42 Å². The SMILES string of the molecule is C=CCN(C)CCC(O)O. The summed E-state index contributed by atoms with van der Waals surface area (Å²) in [6, 6.07) is 0. The lowest BCUT2D eigenvalue weighted by molar-refractivity contribution is -0.0488. The minimum atomic E-state index is -1.19. The largest absolute Gasteiger partial charge is 0.368 e. The molecule has 0 aliphatic heterocycles. The van der Waals surface area contributed by atoms with Crippen molar-refractivity contribution in [1.29, 1.82) is 0 Å². The van der Waals surface area contributed by atoms with E-state index in [0.717, 1.165) is 6.54 Å². The van der Waals surface area contributed by atoms with Crippen molar-refractivity contribution < 1.29 is 10.2 Å². The molecule has 0 aliphatic rings. The molecule has 0 aromatic heterocycles. The summed E-state index contributed by atoms with van der Waals surface area (Å²) in [7, 11) is 1.91. The Kier molecular flexibility index (Phi) is 5.20. The van der Waals surface area contributed by atoms with Crippen molar-refractivity contribution in [2.45, 2.75) is 12.7 Å². The van der Waals surface area contributed by atoms with E-state index in [1.807, 2.05) is 11.9 Å². The van der Waals surface area contributed by atoms with Gasteiger partial charge in [-0.2, -0.15) is 0 Å². The first-order valence-electron chi connectivity index (χ1n) is 3.32. The fourth-order valence-electron chi connectivity index (χ4n) is 0.648. The lowest BCUT2D eigenvalue weighted by Gasteiger charge is -2.13. The van der Waals surface area contributed by atoms with E-state index in [2.05, 4.69) is 6.58 Å². The van der Waals surface area contributed by atoms with Gasteiger partial charge in [0, 0.05) is 19.5 Å². The molecule has 0 saturated carbocycles. The van der Waals surface area contributed by atoms with Crippen molar-refractivity contribution in [2.24, 2.45) is 0 Å². The minimum Gasteiger partial charge on any atom is -0.368 e. The van der Waals surface area contributed by atoms with E-state index >= 15 is 0 Å². The highest BCUT2D eigenvalue weighted by molar-refractivity contribution is 4.70. The Hall–Kier alpha value is -0.380. The second-order valence-electron chi connectivity index (χ2n) is 2.32. The first kappa shape index (κ1) is 9.62. The van der Waals surface area contributed by atoms with Crippen molar-refractivity contribution >= 4 is 0 Å². The van der Waals surface area contributed by atoms with Gasteiger partial charge in [0.05, 0.1) is 0 Å². The van der Waals surface area contributed by atoms with Crippen LogP contribution in [0.25, 0.3) is 0 Å². The second-order valence-corrected chi connectivity index (χ2v) is 2.32. The van der Waals surface area contributed by atoms with Crippen molar-refractivity contribution in [3.63, 3.8) is 0 Å². The van der Waals surface area contributed by atoms with Crippen LogP contribution >= 0.6 is 0 Å². The number of nitrogens with zero attached hydrogens (tertiary/aromatic N) is 1. The molecule has 2 N–H and O–H groups in total. The third-order valence-electron chi connectivity index (χ3n) is 1.21. The number of rotatable bonds is 5. The van der Waals surface area contributed by atoms with Crippen LogP contribution < -0.4 is 0 Å². The molecule has 0 heterocycles. The maximum atomic E-state index is 8.47. The van der Waals surface area contributed by atoms with Crippen LogP contribution in [0.4, 0.5) is 0 Å². The summed E-state index contributed by atoms with van der Waals surface area (Å²) >= 11 is 0. The van der Waals surface area contributed by atoms with Gasteiger partial charge in [-0.15, -0.1) is 6.58 Å². The molecule has 0 atom stereocenters. The molecule has 0 aromatic carbocycles. The standard InChI is InChI=1S/C7H15NO2/c1-3-5-8(2)6-4-7(9)10/h3,7,9-10H,1,4-6H2,2H3. The van der Waals surface area contributed by atoms with Gasteiger partial charge < -0.3 is 15.1 Å². The van der Waals surface area contributed by atoms with Crippen molar-refractivity contribution in [3.8, 4) is 0 Å².